The maximum Gasteiger partial charge on any atom is 0.239 e. The minimum Gasteiger partial charge on any atom is -0.350 e. The number of anilines is 1. The van der Waals surface area contributed by atoms with Crippen molar-refractivity contribution >= 4 is 17.5 Å². The highest BCUT2D eigenvalue weighted by Crippen LogP contribution is 2.25. The molecule has 0 radical (unpaired) electrons. The van der Waals surface area contributed by atoms with Gasteiger partial charge in [0.15, 0.2) is 0 Å². The van der Waals surface area contributed by atoms with E-state index in [1.54, 1.807) is 17.3 Å². The maximum atomic E-state index is 12.4. The number of rotatable bonds is 4. The number of para-hydroxylation sites is 1. The third-order valence-electron chi connectivity index (χ3n) is 3.87. The molecule has 3 rings (SSSR count). The second kappa shape index (κ2) is 6.56. The van der Waals surface area contributed by atoms with Crippen LogP contribution in [0.25, 0.3) is 0 Å². The first kappa shape index (κ1) is 15.1. The first-order valence-corrected chi connectivity index (χ1v) is 7.57. The molecule has 1 atom stereocenters. The average Bonchev–Trinajstić information content (AvgIpc) is 2.96. The molecule has 1 N–H and O–H groups in total. The molecule has 1 aliphatic rings. The Hall–Kier alpha value is -2.76. The van der Waals surface area contributed by atoms with Crippen LogP contribution in [-0.4, -0.2) is 28.3 Å². The maximum absolute atomic E-state index is 12.4. The summed E-state index contributed by atoms with van der Waals surface area (Å²) >= 11 is 0. The molecule has 0 unspecified atom stereocenters. The van der Waals surface area contributed by atoms with Crippen molar-refractivity contribution in [1.29, 1.82) is 0 Å². The van der Waals surface area contributed by atoms with Gasteiger partial charge >= 0.3 is 0 Å². The number of aryl methyl sites for hydroxylation is 1. The van der Waals surface area contributed by atoms with Crippen LogP contribution in [0.5, 0.6) is 0 Å². The molecular weight excluding hydrogens is 292 g/mol. The van der Waals surface area contributed by atoms with E-state index in [0.717, 1.165) is 11.4 Å². The summed E-state index contributed by atoms with van der Waals surface area (Å²) < 4.78 is 0. The molecule has 0 spiro atoms. The van der Waals surface area contributed by atoms with Gasteiger partial charge in [-0.05, 0) is 25.5 Å². The van der Waals surface area contributed by atoms with Gasteiger partial charge in [-0.3, -0.25) is 19.6 Å². The molecule has 6 heteroatoms. The predicted octanol–water partition coefficient (Wildman–Crippen LogP) is 1.45. The average molecular weight is 310 g/mol. The van der Waals surface area contributed by atoms with Gasteiger partial charge in [-0.2, -0.15) is 0 Å². The van der Waals surface area contributed by atoms with E-state index >= 15 is 0 Å². The number of nitrogens with one attached hydrogen (secondary N) is 1. The van der Waals surface area contributed by atoms with Crippen LogP contribution in [0, 0.1) is 12.8 Å². The number of hydrogen-bond acceptors (Lipinski definition) is 4. The fourth-order valence-corrected chi connectivity index (χ4v) is 2.60. The molecule has 6 nitrogen and oxygen atoms in total. The lowest BCUT2D eigenvalue weighted by Crippen LogP contribution is -2.36. The highest BCUT2D eigenvalue weighted by molar-refractivity contribution is 6.09. The molecule has 2 amide bonds. The quantitative estimate of drug-likeness (QED) is 0.867. The van der Waals surface area contributed by atoms with Crippen LogP contribution in [0.3, 0.4) is 0 Å². The van der Waals surface area contributed by atoms with Crippen LogP contribution in [-0.2, 0) is 16.1 Å². The van der Waals surface area contributed by atoms with Gasteiger partial charge in [0.05, 0.1) is 24.1 Å². The molecule has 1 fully saturated rings. The molecule has 1 aliphatic heterocycles. The van der Waals surface area contributed by atoms with Crippen molar-refractivity contribution in [3.63, 3.8) is 0 Å². The van der Waals surface area contributed by atoms with Crippen molar-refractivity contribution in [3.8, 4) is 0 Å². The lowest BCUT2D eigenvalue weighted by molar-refractivity contribution is -0.132. The fourth-order valence-electron chi connectivity index (χ4n) is 2.60. The summed E-state index contributed by atoms with van der Waals surface area (Å²) in [6.07, 6.45) is 3.81. The molecular formula is C17H18N4O2. The van der Waals surface area contributed by atoms with Gasteiger partial charge in [0.1, 0.15) is 5.92 Å². The highest BCUT2D eigenvalue weighted by Gasteiger charge is 2.37. The largest absolute Gasteiger partial charge is 0.350 e. The third kappa shape index (κ3) is 3.36. The molecule has 23 heavy (non-hydrogen) atoms. The van der Waals surface area contributed by atoms with Crippen molar-refractivity contribution in [3.05, 3.63) is 54.1 Å². The molecule has 2 heterocycles. The molecule has 1 saturated heterocycles. The predicted molar refractivity (Wildman–Crippen MR) is 85.5 cm³/mol. The molecule has 1 aromatic heterocycles. The Morgan fingerprint density at radius 3 is 2.74 bits per heavy atom. The van der Waals surface area contributed by atoms with Gasteiger partial charge in [-0.25, -0.2) is 0 Å². The SMILES string of the molecule is Cc1cnc(CNC(=O)[C@H]2CCN(c3ccccc3)C2=O)cn1. The number of carbonyl (C=O) groups excluding carboxylic acids is 2. The van der Waals surface area contributed by atoms with E-state index in [1.807, 2.05) is 37.3 Å². The second-order valence-corrected chi connectivity index (χ2v) is 5.53. The smallest absolute Gasteiger partial charge is 0.239 e. The van der Waals surface area contributed by atoms with Gasteiger partial charge in [-0.1, -0.05) is 18.2 Å². The molecule has 0 saturated carbocycles. The Morgan fingerprint density at radius 2 is 2.04 bits per heavy atom. The summed E-state index contributed by atoms with van der Waals surface area (Å²) in [4.78, 5) is 34.7. The van der Waals surface area contributed by atoms with E-state index in [1.165, 1.54) is 0 Å². The summed E-state index contributed by atoms with van der Waals surface area (Å²) in [5.41, 5.74) is 2.33. The van der Waals surface area contributed by atoms with E-state index in [2.05, 4.69) is 15.3 Å². The van der Waals surface area contributed by atoms with Gasteiger partial charge in [0.25, 0.3) is 0 Å². The van der Waals surface area contributed by atoms with Crippen LogP contribution >= 0.6 is 0 Å². The molecule has 2 aromatic rings. The Bertz CT molecular complexity index is 700. The van der Waals surface area contributed by atoms with E-state index in [4.69, 9.17) is 0 Å². The summed E-state index contributed by atoms with van der Waals surface area (Å²) in [6.45, 7) is 2.69. The minimum atomic E-state index is -0.631. The summed E-state index contributed by atoms with van der Waals surface area (Å²) in [6, 6.07) is 9.41. The minimum absolute atomic E-state index is 0.149. The van der Waals surface area contributed by atoms with Crippen LogP contribution in [0.2, 0.25) is 0 Å². The summed E-state index contributed by atoms with van der Waals surface area (Å²) in [5.74, 6) is -1.03. The van der Waals surface area contributed by atoms with E-state index in [0.29, 0.717) is 18.7 Å². The summed E-state index contributed by atoms with van der Waals surface area (Å²) in [7, 11) is 0. The zero-order chi connectivity index (χ0) is 16.2. The molecule has 118 valence electrons. The lowest BCUT2D eigenvalue weighted by atomic mass is 10.1. The zero-order valence-electron chi connectivity index (χ0n) is 12.9. The Labute approximate surface area is 134 Å². The lowest BCUT2D eigenvalue weighted by Gasteiger charge is -2.16. The van der Waals surface area contributed by atoms with Crippen LogP contribution in [0.1, 0.15) is 17.8 Å². The van der Waals surface area contributed by atoms with Gasteiger partial charge in [0, 0.05) is 18.4 Å². The van der Waals surface area contributed by atoms with Crippen molar-refractivity contribution in [2.75, 3.05) is 11.4 Å². The standard InChI is InChI=1S/C17H18N4O2/c1-12-9-19-13(10-18-12)11-20-16(22)15-7-8-21(17(15)23)14-5-3-2-4-6-14/h2-6,9-10,15H,7-8,11H2,1H3,(H,20,22)/t15-/m1/s1. The van der Waals surface area contributed by atoms with Gasteiger partial charge in [-0.15, -0.1) is 0 Å². The van der Waals surface area contributed by atoms with Crippen molar-refractivity contribution in [1.82, 2.24) is 15.3 Å². The van der Waals surface area contributed by atoms with Crippen LogP contribution < -0.4 is 10.2 Å². The first-order valence-electron chi connectivity index (χ1n) is 7.57. The van der Waals surface area contributed by atoms with E-state index in [9.17, 15) is 9.59 Å². The highest BCUT2D eigenvalue weighted by atomic mass is 16.2. The second-order valence-electron chi connectivity index (χ2n) is 5.53. The molecule has 0 aliphatic carbocycles. The first-order chi connectivity index (χ1) is 11.1. The number of nitrogens with zero attached hydrogens (tertiary/aromatic N) is 3. The van der Waals surface area contributed by atoms with Crippen molar-refractivity contribution < 1.29 is 9.59 Å². The third-order valence-corrected chi connectivity index (χ3v) is 3.87. The topological polar surface area (TPSA) is 75.2 Å². The molecule has 0 bridgehead atoms. The monoisotopic (exact) mass is 310 g/mol. The number of carbonyl (C=O) groups is 2. The number of benzene rings is 1. The molecule has 1 aromatic carbocycles. The van der Waals surface area contributed by atoms with Crippen molar-refractivity contribution in [2.24, 2.45) is 5.92 Å². The number of amides is 2. The van der Waals surface area contributed by atoms with E-state index < -0.39 is 5.92 Å². The fraction of sp³-hybridized carbons (Fsp3) is 0.294. The van der Waals surface area contributed by atoms with Crippen LogP contribution in [0.4, 0.5) is 5.69 Å². The Balaban J connectivity index is 1.60. The van der Waals surface area contributed by atoms with Crippen LogP contribution in [0.15, 0.2) is 42.7 Å². The normalized spacial score (nSPS) is 17.3. The number of aromatic nitrogens is 2. The number of hydrogen-bond donors (Lipinski definition) is 1. The zero-order valence-corrected chi connectivity index (χ0v) is 12.9. The van der Waals surface area contributed by atoms with Gasteiger partial charge < -0.3 is 10.2 Å². The van der Waals surface area contributed by atoms with E-state index in [-0.39, 0.29) is 18.4 Å². The Morgan fingerprint density at radius 1 is 1.26 bits per heavy atom. The Kier molecular flexibility index (Phi) is 4.32. The van der Waals surface area contributed by atoms with Gasteiger partial charge in [0.2, 0.25) is 11.8 Å². The van der Waals surface area contributed by atoms with Crippen molar-refractivity contribution in [2.45, 2.75) is 19.9 Å². The summed E-state index contributed by atoms with van der Waals surface area (Å²) in [5, 5.41) is 2.77.